The third-order valence-corrected chi connectivity index (χ3v) is 7.26. The van der Waals surface area contributed by atoms with Crippen LogP contribution < -0.4 is 4.74 Å². The fraction of sp³-hybridized carbons (Fsp3) is 0.276. The number of nitrogens with zero attached hydrogens (tertiary/aromatic N) is 1. The van der Waals surface area contributed by atoms with Crippen LogP contribution in [0.5, 0.6) is 11.5 Å². The van der Waals surface area contributed by atoms with Crippen molar-refractivity contribution in [2.75, 3.05) is 26.9 Å². The Morgan fingerprint density at radius 3 is 2.59 bits per heavy atom. The van der Waals surface area contributed by atoms with Crippen LogP contribution in [0.3, 0.4) is 0 Å². The molecule has 2 aliphatic heterocycles. The average Bonchev–Trinajstić information content (AvgIpc) is 3.31. The van der Waals surface area contributed by atoms with Gasteiger partial charge in [0.05, 0.1) is 37.2 Å². The van der Waals surface area contributed by atoms with Gasteiger partial charge in [0.1, 0.15) is 11.5 Å². The summed E-state index contributed by atoms with van der Waals surface area (Å²) in [6, 6.07) is 9.66. The summed E-state index contributed by atoms with van der Waals surface area (Å²) in [7, 11) is 1.58. The number of aromatic amines is 1. The van der Waals surface area contributed by atoms with Gasteiger partial charge in [-0.05, 0) is 68.3 Å². The van der Waals surface area contributed by atoms with Crippen LogP contribution in [0.15, 0.2) is 59.8 Å². The number of esters is 2. The van der Waals surface area contributed by atoms with E-state index in [1.807, 2.05) is 12.1 Å². The molecule has 3 heterocycles. The zero-order valence-electron chi connectivity index (χ0n) is 21.7. The molecule has 3 aromatic rings. The van der Waals surface area contributed by atoms with Crippen LogP contribution in [0.25, 0.3) is 10.9 Å². The van der Waals surface area contributed by atoms with Gasteiger partial charge in [0.25, 0.3) is 0 Å². The topological polar surface area (TPSA) is 118 Å². The van der Waals surface area contributed by atoms with Crippen LogP contribution in [0.2, 0.25) is 5.02 Å². The lowest BCUT2D eigenvalue weighted by Crippen LogP contribution is -2.58. The minimum Gasteiger partial charge on any atom is -0.507 e. The highest BCUT2D eigenvalue weighted by molar-refractivity contribution is 6.31. The molecule has 10 heteroatoms. The highest BCUT2D eigenvalue weighted by Gasteiger charge is 2.58. The van der Waals surface area contributed by atoms with Crippen molar-refractivity contribution >= 4 is 40.2 Å². The van der Waals surface area contributed by atoms with Crippen LogP contribution >= 0.6 is 11.6 Å². The molecule has 2 aliphatic rings. The number of aromatic nitrogens is 1. The minimum absolute atomic E-state index is 0.0350. The molecule has 1 aromatic heterocycles. The van der Waals surface area contributed by atoms with Gasteiger partial charge < -0.3 is 29.2 Å². The molecule has 202 valence electrons. The number of carbonyl (C=O) groups excluding carboxylic acids is 3. The van der Waals surface area contributed by atoms with Gasteiger partial charge in [-0.3, -0.25) is 4.79 Å². The second kappa shape index (κ2) is 10.1. The first-order valence-electron chi connectivity index (χ1n) is 12.5. The van der Waals surface area contributed by atoms with Gasteiger partial charge in [-0.1, -0.05) is 11.6 Å². The first kappa shape index (κ1) is 26.4. The number of rotatable bonds is 7. The summed E-state index contributed by atoms with van der Waals surface area (Å²) < 4.78 is 16.4. The van der Waals surface area contributed by atoms with Crippen molar-refractivity contribution in [1.82, 2.24) is 9.88 Å². The third-order valence-electron chi connectivity index (χ3n) is 7.02. The Labute approximate surface area is 229 Å². The number of benzene rings is 2. The SMILES string of the molecule is CCOC(=O)C1=CC(C(=O)c2cc(Cl)ccc2O)=CN2CCc3c([nH]c4ccc(OC)cc34)C12C(=O)OCC. The maximum Gasteiger partial charge on any atom is 0.343 e. The maximum absolute atomic E-state index is 14.0. The first-order valence-corrected chi connectivity index (χ1v) is 12.9. The number of ether oxygens (including phenoxy) is 3. The van der Waals surface area contributed by atoms with Gasteiger partial charge in [0, 0.05) is 34.2 Å². The van der Waals surface area contributed by atoms with Crippen LogP contribution in [-0.2, 0) is 31.0 Å². The Balaban J connectivity index is 1.77. The molecule has 2 aromatic carbocycles. The molecule has 9 nitrogen and oxygen atoms in total. The molecule has 5 rings (SSSR count). The van der Waals surface area contributed by atoms with Crippen LogP contribution in [0, 0.1) is 0 Å². The monoisotopic (exact) mass is 550 g/mol. The van der Waals surface area contributed by atoms with Crippen molar-refractivity contribution in [1.29, 1.82) is 0 Å². The smallest absolute Gasteiger partial charge is 0.343 e. The molecule has 1 atom stereocenters. The average molecular weight is 551 g/mol. The Morgan fingerprint density at radius 1 is 1.10 bits per heavy atom. The number of carbonyl (C=O) groups is 3. The van der Waals surface area contributed by atoms with Crippen molar-refractivity contribution in [3.8, 4) is 11.5 Å². The highest BCUT2D eigenvalue weighted by Crippen LogP contribution is 2.48. The quantitative estimate of drug-likeness (QED) is 0.328. The van der Waals surface area contributed by atoms with Gasteiger partial charge >= 0.3 is 11.9 Å². The van der Waals surface area contributed by atoms with Crippen molar-refractivity contribution in [2.24, 2.45) is 0 Å². The fourth-order valence-electron chi connectivity index (χ4n) is 5.33. The van der Waals surface area contributed by atoms with E-state index < -0.39 is 23.3 Å². The second-order valence-electron chi connectivity index (χ2n) is 9.12. The number of halogens is 1. The highest BCUT2D eigenvalue weighted by atomic mass is 35.5. The number of hydrogen-bond acceptors (Lipinski definition) is 8. The standard InChI is InChI=1S/C29H27ClN2O7/c1-4-38-27(35)22-12-16(25(34)21-13-17(30)6-9-24(21)33)15-32-11-10-19-20-14-18(37-3)7-8-23(20)31-26(19)29(22,32)28(36)39-5-2/h6-9,12-15,31,33H,4-5,10-11H2,1-3H3. The lowest BCUT2D eigenvalue weighted by atomic mass is 9.75. The van der Waals surface area contributed by atoms with E-state index in [-0.39, 0.29) is 47.2 Å². The number of allylic oxidation sites excluding steroid dienone is 2. The molecule has 39 heavy (non-hydrogen) atoms. The van der Waals surface area contributed by atoms with E-state index in [0.29, 0.717) is 17.9 Å². The third kappa shape index (κ3) is 4.13. The normalized spacial score (nSPS) is 18.0. The Bertz CT molecular complexity index is 1570. The number of fused-ring (bicyclic) bond motifs is 5. The number of H-pyrrole nitrogens is 1. The number of methoxy groups -OCH3 is 1. The van der Waals surface area contributed by atoms with Crippen molar-refractivity contribution < 1.29 is 33.7 Å². The Kier molecular flexibility index (Phi) is 6.86. The predicted octanol–water partition coefficient (Wildman–Crippen LogP) is 4.42. The molecule has 0 aliphatic carbocycles. The molecule has 0 saturated heterocycles. The number of aromatic hydroxyl groups is 1. The van der Waals surface area contributed by atoms with Gasteiger partial charge in [0.15, 0.2) is 5.78 Å². The van der Waals surface area contributed by atoms with Crippen molar-refractivity contribution in [3.05, 3.63) is 81.7 Å². The fourth-order valence-corrected chi connectivity index (χ4v) is 5.50. The molecule has 1 unspecified atom stereocenters. The summed E-state index contributed by atoms with van der Waals surface area (Å²) in [5.41, 5.74) is 0.285. The molecular formula is C29H27ClN2O7. The van der Waals surface area contributed by atoms with E-state index in [1.54, 1.807) is 31.9 Å². The van der Waals surface area contributed by atoms with Gasteiger partial charge in [-0.25, -0.2) is 9.59 Å². The molecule has 0 spiro atoms. The maximum atomic E-state index is 14.0. The number of nitrogens with one attached hydrogen (secondary N) is 1. The van der Waals surface area contributed by atoms with Gasteiger partial charge in [0.2, 0.25) is 5.54 Å². The van der Waals surface area contributed by atoms with E-state index in [4.69, 9.17) is 25.8 Å². The summed E-state index contributed by atoms with van der Waals surface area (Å²) in [6.45, 7) is 3.74. The minimum atomic E-state index is -1.73. The van der Waals surface area contributed by atoms with Crippen LogP contribution in [-0.4, -0.2) is 59.6 Å². The molecule has 0 fully saturated rings. The van der Waals surface area contributed by atoms with Crippen molar-refractivity contribution in [2.45, 2.75) is 25.8 Å². The van der Waals surface area contributed by atoms with E-state index >= 15 is 0 Å². The second-order valence-corrected chi connectivity index (χ2v) is 9.55. The largest absolute Gasteiger partial charge is 0.507 e. The van der Waals surface area contributed by atoms with Crippen LogP contribution in [0.1, 0.15) is 35.5 Å². The van der Waals surface area contributed by atoms with Gasteiger partial charge in [-0.15, -0.1) is 0 Å². The summed E-state index contributed by atoms with van der Waals surface area (Å²) in [4.78, 5) is 46.1. The zero-order valence-corrected chi connectivity index (χ0v) is 22.4. The lowest BCUT2D eigenvalue weighted by molar-refractivity contribution is -0.159. The first-order chi connectivity index (χ1) is 18.8. The van der Waals surface area contributed by atoms with E-state index in [2.05, 4.69) is 4.98 Å². The van der Waals surface area contributed by atoms with Crippen LogP contribution in [0.4, 0.5) is 0 Å². The Morgan fingerprint density at radius 2 is 1.87 bits per heavy atom. The molecule has 0 saturated carbocycles. The lowest BCUT2D eigenvalue weighted by Gasteiger charge is -2.46. The number of ketones is 1. The molecule has 0 radical (unpaired) electrons. The van der Waals surface area contributed by atoms with Gasteiger partial charge in [-0.2, -0.15) is 0 Å². The predicted molar refractivity (Wildman–Crippen MR) is 144 cm³/mol. The number of hydrogen-bond donors (Lipinski definition) is 2. The van der Waals surface area contributed by atoms with E-state index in [9.17, 15) is 19.5 Å². The molecular weight excluding hydrogens is 524 g/mol. The summed E-state index contributed by atoms with van der Waals surface area (Å²) in [5, 5.41) is 11.5. The molecule has 0 bridgehead atoms. The summed E-state index contributed by atoms with van der Waals surface area (Å²) in [6.07, 6.45) is 3.37. The molecule has 0 amide bonds. The molecule has 2 N–H and O–H groups in total. The van der Waals surface area contributed by atoms with Crippen molar-refractivity contribution in [3.63, 3.8) is 0 Å². The summed E-state index contributed by atoms with van der Waals surface area (Å²) >= 11 is 6.09. The number of Topliss-reactive ketones (excluding diaryl/α,β-unsaturated/α-hetero) is 1. The zero-order chi connectivity index (χ0) is 27.9. The van der Waals surface area contributed by atoms with E-state index in [0.717, 1.165) is 16.5 Å². The number of phenols is 1. The number of phenolic OH excluding ortho intramolecular Hbond substituents is 1. The van der Waals surface area contributed by atoms with E-state index in [1.165, 1.54) is 30.5 Å². The Hall–Kier alpha value is -4.24. The summed E-state index contributed by atoms with van der Waals surface area (Å²) in [5.74, 6) is -1.63.